The van der Waals surface area contributed by atoms with Crippen LogP contribution in [0.15, 0.2) is 36.4 Å². The Morgan fingerprint density at radius 3 is 2.32 bits per heavy atom. The van der Waals surface area contributed by atoms with Crippen molar-refractivity contribution in [3.8, 4) is 6.07 Å². The zero-order valence-electron chi connectivity index (χ0n) is 13.6. The van der Waals surface area contributed by atoms with Crippen molar-refractivity contribution < 1.29 is 13.6 Å². The number of carbonyl (C=O) groups excluding carboxylic acids is 1. The number of hydrogen-bond donors (Lipinski definition) is 1. The monoisotopic (exact) mass is 341 g/mol. The predicted octanol–water partition coefficient (Wildman–Crippen LogP) is 3.57. The Morgan fingerprint density at radius 1 is 1.12 bits per heavy atom. The second-order valence-electron chi connectivity index (χ2n) is 6.02. The maximum absolute atomic E-state index is 13.8. The molecule has 1 fully saturated rings. The summed E-state index contributed by atoms with van der Waals surface area (Å²) in [7, 11) is 0. The largest absolute Gasteiger partial charge is 0.376 e. The number of nitrogens with zero attached hydrogens (tertiary/aromatic N) is 2. The maximum atomic E-state index is 13.8. The Labute approximate surface area is 144 Å². The first kappa shape index (κ1) is 16.9. The summed E-state index contributed by atoms with van der Waals surface area (Å²) >= 11 is 0. The van der Waals surface area contributed by atoms with Gasteiger partial charge in [-0.1, -0.05) is 24.3 Å². The lowest BCUT2D eigenvalue weighted by molar-refractivity contribution is -0.128. The number of rotatable bonds is 5. The Morgan fingerprint density at radius 2 is 1.76 bits per heavy atom. The second-order valence-corrected chi connectivity index (χ2v) is 6.02. The van der Waals surface area contributed by atoms with Gasteiger partial charge in [0.2, 0.25) is 5.91 Å². The fourth-order valence-electron chi connectivity index (χ4n) is 2.85. The average Bonchev–Trinajstić information content (AvgIpc) is 3.00. The summed E-state index contributed by atoms with van der Waals surface area (Å²) in [5.41, 5.74) is 1.58. The Balaban J connectivity index is 1.62. The van der Waals surface area contributed by atoms with E-state index in [1.807, 2.05) is 29.2 Å². The van der Waals surface area contributed by atoms with Crippen molar-refractivity contribution in [2.75, 3.05) is 11.9 Å². The van der Waals surface area contributed by atoms with Gasteiger partial charge in [0.15, 0.2) is 11.6 Å². The van der Waals surface area contributed by atoms with Crippen molar-refractivity contribution in [2.45, 2.75) is 25.9 Å². The van der Waals surface area contributed by atoms with E-state index in [0.717, 1.165) is 36.2 Å². The van der Waals surface area contributed by atoms with Gasteiger partial charge >= 0.3 is 0 Å². The van der Waals surface area contributed by atoms with Gasteiger partial charge < -0.3 is 10.2 Å². The Kier molecular flexibility index (Phi) is 4.94. The van der Waals surface area contributed by atoms with Crippen molar-refractivity contribution in [3.05, 3.63) is 64.7 Å². The van der Waals surface area contributed by atoms with Crippen LogP contribution in [0.25, 0.3) is 0 Å². The zero-order valence-corrected chi connectivity index (χ0v) is 13.6. The number of halogens is 2. The first-order valence-electron chi connectivity index (χ1n) is 8.05. The van der Waals surface area contributed by atoms with Crippen molar-refractivity contribution >= 4 is 11.6 Å². The van der Waals surface area contributed by atoms with E-state index >= 15 is 0 Å². The minimum Gasteiger partial charge on any atom is -0.376 e. The van der Waals surface area contributed by atoms with Gasteiger partial charge in [0.05, 0.1) is 11.6 Å². The molecule has 2 aromatic rings. The third kappa shape index (κ3) is 3.94. The number of nitrogens with one attached hydrogen (secondary N) is 1. The molecule has 1 aliphatic rings. The summed E-state index contributed by atoms with van der Waals surface area (Å²) in [6.07, 6.45) is 1.52. The number of nitriles is 1. The van der Waals surface area contributed by atoms with Crippen LogP contribution in [0.1, 0.15) is 29.5 Å². The molecule has 6 heteroatoms. The molecule has 0 saturated carbocycles. The molecule has 0 aromatic heterocycles. The van der Waals surface area contributed by atoms with Gasteiger partial charge in [-0.05, 0) is 29.7 Å². The summed E-state index contributed by atoms with van der Waals surface area (Å²) < 4.78 is 27.7. The molecule has 0 atom stereocenters. The van der Waals surface area contributed by atoms with E-state index in [1.165, 1.54) is 0 Å². The van der Waals surface area contributed by atoms with Crippen LogP contribution in [-0.2, 0) is 17.9 Å². The molecule has 1 heterocycles. The molecule has 4 nitrogen and oxygen atoms in total. The lowest BCUT2D eigenvalue weighted by Crippen LogP contribution is -2.23. The highest BCUT2D eigenvalue weighted by Crippen LogP contribution is 2.21. The molecule has 1 saturated heterocycles. The summed E-state index contributed by atoms with van der Waals surface area (Å²) in [5, 5.41) is 11.4. The van der Waals surface area contributed by atoms with E-state index in [2.05, 4.69) is 5.32 Å². The number of anilines is 1. The molecule has 2 aromatic carbocycles. The van der Waals surface area contributed by atoms with Gasteiger partial charge in [-0.2, -0.15) is 5.26 Å². The van der Waals surface area contributed by atoms with Gasteiger partial charge in [0.1, 0.15) is 5.69 Å². The molecular weight excluding hydrogens is 324 g/mol. The van der Waals surface area contributed by atoms with Crippen LogP contribution in [0.4, 0.5) is 14.5 Å². The highest BCUT2D eigenvalue weighted by atomic mass is 19.1. The van der Waals surface area contributed by atoms with E-state index < -0.39 is 11.6 Å². The predicted molar refractivity (Wildman–Crippen MR) is 89.5 cm³/mol. The lowest BCUT2D eigenvalue weighted by Gasteiger charge is -2.16. The van der Waals surface area contributed by atoms with Crippen LogP contribution in [0.5, 0.6) is 0 Å². The lowest BCUT2D eigenvalue weighted by atomic mass is 10.1. The summed E-state index contributed by atoms with van der Waals surface area (Å²) in [5.74, 6) is -1.40. The molecule has 25 heavy (non-hydrogen) atoms. The van der Waals surface area contributed by atoms with E-state index in [-0.39, 0.29) is 23.7 Å². The first-order valence-corrected chi connectivity index (χ1v) is 8.05. The Hall–Kier alpha value is -2.94. The van der Waals surface area contributed by atoms with Crippen LogP contribution in [0, 0.1) is 23.0 Å². The van der Waals surface area contributed by atoms with Crippen LogP contribution in [-0.4, -0.2) is 17.4 Å². The number of carbonyl (C=O) groups is 1. The molecule has 0 aliphatic carbocycles. The van der Waals surface area contributed by atoms with Gasteiger partial charge in [0.25, 0.3) is 0 Å². The van der Waals surface area contributed by atoms with Crippen LogP contribution in [0.3, 0.4) is 0 Å². The molecule has 128 valence electrons. The minimum atomic E-state index is -0.791. The van der Waals surface area contributed by atoms with Gasteiger partial charge in [-0.3, -0.25) is 4.79 Å². The highest BCUT2D eigenvalue weighted by molar-refractivity contribution is 5.78. The second kappa shape index (κ2) is 7.31. The quantitative estimate of drug-likeness (QED) is 0.904. The number of amides is 1. The van der Waals surface area contributed by atoms with Crippen molar-refractivity contribution in [1.29, 1.82) is 5.26 Å². The minimum absolute atomic E-state index is 0.0543. The van der Waals surface area contributed by atoms with Crippen molar-refractivity contribution in [1.82, 2.24) is 4.90 Å². The summed E-state index contributed by atoms with van der Waals surface area (Å²) in [6, 6.07) is 11.3. The van der Waals surface area contributed by atoms with Crippen LogP contribution in [0.2, 0.25) is 0 Å². The molecule has 0 unspecified atom stereocenters. The third-order valence-corrected chi connectivity index (χ3v) is 4.21. The van der Waals surface area contributed by atoms with Crippen molar-refractivity contribution in [3.63, 3.8) is 0 Å². The van der Waals surface area contributed by atoms with Gasteiger partial charge in [0, 0.05) is 26.1 Å². The molecule has 0 spiro atoms. The smallest absolute Gasteiger partial charge is 0.222 e. The summed E-state index contributed by atoms with van der Waals surface area (Å²) in [6.45, 7) is 1.63. The third-order valence-electron chi connectivity index (χ3n) is 4.21. The molecule has 1 amide bonds. The molecule has 0 radical (unpaired) electrons. The standard InChI is InChI=1S/C19H17F2N3O/c20-16-8-15(10-22)9-17(21)19(16)23-11-13-3-5-14(6-4-13)12-24-7-1-2-18(24)25/h3-6,8-9,23H,1-2,7,11-12H2. The van der Waals surface area contributed by atoms with Crippen LogP contribution < -0.4 is 5.32 Å². The number of benzene rings is 2. The average molecular weight is 341 g/mol. The molecular formula is C19H17F2N3O. The SMILES string of the molecule is N#Cc1cc(F)c(NCc2ccc(CN3CCCC3=O)cc2)c(F)c1. The molecule has 3 rings (SSSR count). The summed E-state index contributed by atoms with van der Waals surface area (Å²) in [4.78, 5) is 13.5. The number of hydrogen-bond acceptors (Lipinski definition) is 3. The van der Waals surface area contributed by atoms with E-state index in [1.54, 1.807) is 6.07 Å². The van der Waals surface area contributed by atoms with E-state index in [0.29, 0.717) is 13.0 Å². The topological polar surface area (TPSA) is 56.1 Å². The van der Waals surface area contributed by atoms with Crippen LogP contribution >= 0.6 is 0 Å². The Bertz CT molecular complexity index is 805. The number of likely N-dealkylation sites (tertiary alicyclic amines) is 1. The zero-order chi connectivity index (χ0) is 17.8. The molecule has 0 bridgehead atoms. The molecule has 1 aliphatic heterocycles. The fourth-order valence-corrected chi connectivity index (χ4v) is 2.85. The first-order chi connectivity index (χ1) is 12.1. The maximum Gasteiger partial charge on any atom is 0.222 e. The fraction of sp³-hybridized carbons (Fsp3) is 0.263. The van der Waals surface area contributed by atoms with Gasteiger partial charge in [-0.25, -0.2) is 8.78 Å². The normalized spacial score (nSPS) is 13.8. The van der Waals surface area contributed by atoms with E-state index in [9.17, 15) is 13.6 Å². The van der Waals surface area contributed by atoms with Gasteiger partial charge in [-0.15, -0.1) is 0 Å². The van der Waals surface area contributed by atoms with Crippen molar-refractivity contribution in [2.24, 2.45) is 0 Å². The van der Waals surface area contributed by atoms with E-state index in [4.69, 9.17) is 5.26 Å². The molecule has 1 N–H and O–H groups in total. The highest BCUT2D eigenvalue weighted by Gasteiger charge is 2.19.